The molecule has 0 amide bonds. The van der Waals surface area contributed by atoms with E-state index in [0.717, 1.165) is 25.7 Å². The third-order valence-electron chi connectivity index (χ3n) is 5.52. The van der Waals surface area contributed by atoms with E-state index in [1.807, 2.05) is 0 Å². The average molecular weight is 349 g/mol. The topological polar surface area (TPSA) is 47.4 Å². The largest absolute Gasteiger partial charge is 0.459 e. The fraction of sp³-hybridized carbons (Fsp3) is 0.556. The number of fused-ring (bicyclic) bond motifs is 3. The van der Waals surface area contributed by atoms with Crippen molar-refractivity contribution in [2.75, 3.05) is 7.05 Å². The highest BCUT2D eigenvalue weighted by molar-refractivity contribution is 6.03. The first-order chi connectivity index (χ1) is 12.0. The van der Waals surface area contributed by atoms with E-state index in [9.17, 15) is 13.6 Å². The van der Waals surface area contributed by atoms with Crippen molar-refractivity contribution in [2.45, 2.75) is 56.8 Å². The molecule has 2 aromatic rings. The summed E-state index contributed by atoms with van der Waals surface area (Å²) in [6.07, 6.45) is 4.33. The van der Waals surface area contributed by atoms with Gasteiger partial charge in [0.15, 0.2) is 0 Å². The number of ether oxygens (including phenoxy) is 1. The molecule has 4 heterocycles. The van der Waals surface area contributed by atoms with Gasteiger partial charge in [-0.1, -0.05) is 0 Å². The maximum Gasteiger partial charge on any atom is 0.340 e. The minimum absolute atomic E-state index is 0.105. The third-order valence-corrected chi connectivity index (χ3v) is 5.52. The molecule has 4 rings (SSSR count). The Labute approximate surface area is 144 Å². The van der Waals surface area contributed by atoms with Crippen molar-refractivity contribution in [3.63, 3.8) is 0 Å². The van der Waals surface area contributed by atoms with Crippen molar-refractivity contribution in [1.29, 1.82) is 0 Å². The second kappa shape index (κ2) is 6.37. The van der Waals surface area contributed by atoms with Crippen LogP contribution in [-0.4, -0.2) is 52.1 Å². The van der Waals surface area contributed by atoms with Crippen LogP contribution in [0.5, 0.6) is 0 Å². The number of aromatic nitrogens is 2. The van der Waals surface area contributed by atoms with Crippen molar-refractivity contribution in [1.82, 2.24) is 14.5 Å². The van der Waals surface area contributed by atoms with E-state index < -0.39 is 18.9 Å². The lowest BCUT2D eigenvalue weighted by Crippen LogP contribution is -2.43. The smallest absolute Gasteiger partial charge is 0.340 e. The van der Waals surface area contributed by atoms with Gasteiger partial charge in [-0.2, -0.15) is 0 Å². The third kappa shape index (κ3) is 3.01. The normalized spacial score (nSPS) is 26.5. The van der Waals surface area contributed by atoms with Gasteiger partial charge in [-0.05, 0) is 32.0 Å². The molecule has 0 aromatic carbocycles. The predicted molar refractivity (Wildman–Crippen MR) is 88.7 cm³/mol. The number of carbonyl (C=O) groups excluding carboxylic acids is 1. The number of hydrogen-bond donors (Lipinski definition) is 0. The highest BCUT2D eigenvalue weighted by Crippen LogP contribution is 2.36. The second-order valence-corrected chi connectivity index (χ2v) is 7.01. The minimum atomic E-state index is -2.51. The summed E-state index contributed by atoms with van der Waals surface area (Å²) >= 11 is 0. The van der Waals surface area contributed by atoms with E-state index in [2.05, 4.69) is 16.9 Å². The van der Waals surface area contributed by atoms with Gasteiger partial charge in [0.05, 0.1) is 12.1 Å². The van der Waals surface area contributed by atoms with Crippen LogP contribution < -0.4 is 0 Å². The molecule has 2 aliphatic rings. The number of rotatable bonds is 4. The summed E-state index contributed by atoms with van der Waals surface area (Å²) in [7, 11) is 2.13. The van der Waals surface area contributed by atoms with Crippen LogP contribution in [0.2, 0.25) is 0 Å². The molecule has 134 valence electrons. The maximum absolute atomic E-state index is 12.8. The summed E-state index contributed by atoms with van der Waals surface area (Å²) < 4.78 is 32.7. The zero-order valence-electron chi connectivity index (χ0n) is 14.1. The molecule has 2 saturated heterocycles. The number of piperidine rings is 1. The first-order valence-corrected chi connectivity index (χ1v) is 8.68. The quantitative estimate of drug-likeness (QED) is 0.796. The molecule has 0 aliphatic carbocycles. The van der Waals surface area contributed by atoms with E-state index >= 15 is 0 Å². The fourth-order valence-electron chi connectivity index (χ4n) is 4.25. The molecule has 0 saturated carbocycles. The Morgan fingerprint density at radius 1 is 1.36 bits per heavy atom. The summed E-state index contributed by atoms with van der Waals surface area (Å²) in [4.78, 5) is 19.2. The Morgan fingerprint density at radius 3 is 2.76 bits per heavy atom. The van der Waals surface area contributed by atoms with Crippen LogP contribution in [0.3, 0.4) is 0 Å². The van der Waals surface area contributed by atoms with E-state index in [0.29, 0.717) is 28.7 Å². The molecular formula is C18H21F2N3O2. The Kier molecular flexibility index (Phi) is 4.19. The summed E-state index contributed by atoms with van der Waals surface area (Å²) in [6, 6.07) is 4.36. The lowest BCUT2D eigenvalue weighted by atomic mass is 10.0. The Balaban J connectivity index is 1.56. The van der Waals surface area contributed by atoms with Gasteiger partial charge in [-0.25, -0.2) is 18.6 Å². The van der Waals surface area contributed by atoms with E-state index in [4.69, 9.17) is 4.74 Å². The summed E-state index contributed by atoms with van der Waals surface area (Å²) in [6.45, 7) is -0.487. The zero-order valence-corrected chi connectivity index (χ0v) is 14.1. The number of hydrogen-bond acceptors (Lipinski definition) is 4. The minimum Gasteiger partial charge on any atom is -0.459 e. The number of carbonyl (C=O) groups is 1. The molecule has 2 bridgehead atoms. The molecule has 2 fully saturated rings. The molecule has 0 radical (unpaired) electrons. The molecule has 0 spiro atoms. The van der Waals surface area contributed by atoms with E-state index in [1.54, 1.807) is 12.1 Å². The van der Waals surface area contributed by atoms with Gasteiger partial charge in [0.1, 0.15) is 11.8 Å². The fourth-order valence-corrected chi connectivity index (χ4v) is 4.25. The van der Waals surface area contributed by atoms with Crippen LogP contribution in [0.15, 0.2) is 24.5 Å². The molecule has 0 N–H and O–H groups in total. The molecule has 7 heteroatoms. The first kappa shape index (κ1) is 16.4. The van der Waals surface area contributed by atoms with Gasteiger partial charge in [-0.15, -0.1) is 0 Å². The number of pyridine rings is 1. The van der Waals surface area contributed by atoms with Gasteiger partial charge in [0, 0.05) is 42.7 Å². The van der Waals surface area contributed by atoms with E-state index in [-0.39, 0.29) is 6.10 Å². The van der Waals surface area contributed by atoms with Crippen LogP contribution >= 0.6 is 0 Å². The highest BCUT2D eigenvalue weighted by Gasteiger charge is 2.40. The summed E-state index contributed by atoms with van der Waals surface area (Å²) in [5, 5.41) is 0.559. The lowest BCUT2D eigenvalue weighted by molar-refractivity contribution is -0.000318. The molecule has 5 nitrogen and oxygen atoms in total. The van der Waals surface area contributed by atoms with Crippen molar-refractivity contribution < 1.29 is 18.3 Å². The molecule has 2 unspecified atom stereocenters. The standard InChI is InChI=1S/C18H21F2N3O2/c1-22-11-4-5-12(22)8-13(7-11)25-18(24)15-9-23(10-16(19)20)17-14(15)3-2-6-21-17/h2-3,6,9,11-13,16H,4-5,7-8,10H2,1H3. The Bertz CT molecular complexity index is 778. The van der Waals surface area contributed by atoms with Gasteiger partial charge in [-0.3, -0.25) is 0 Å². The van der Waals surface area contributed by atoms with Gasteiger partial charge in [0.2, 0.25) is 0 Å². The molecule has 2 aliphatic heterocycles. The number of esters is 1. The van der Waals surface area contributed by atoms with Crippen LogP contribution in [0.25, 0.3) is 11.0 Å². The van der Waals surface area contributed by atoms with Gasteiger partial charge >= 0.3 is 5.97 Å². The Morgan fingerprint density at radius 2 is 2.08 bits per heavy atom. The van der Waals surface area contributed by atoms with Crippen molar-refractivity contribution in [2.24, 2.45) is 0 Å². The summed E-state index contributed by atoms with van der Waals surface area (Å²) in [5.41, 5.74) is 0.702. The van der Waals surface area contributed by atoms with Crippen LogP contribution in [-0.2, 0) is 11.3 Å². The van der Waals surface area contributed by atoms with Crippen LogP contribution in [0.1, 0.15) is 36.0 Å². The number of halogens is 2. The zero-order chi connectivity index (χ0) is 17.6. The maximum atomic E-state index is 12.8. The van der Waals surface area contributed by atoms with Crippen molar-refractivity contribution in [3.8, 4) is 0 Å². The van der Waals surface area contributed by atoms with Crippen molar-refractivity contribution >= 4 is 17.0 Å². The Hall–Kier alpha value is -2.02. The van der Waals surface area contributed by atoms with Gasteiger partial charge in [0.25, 0.3) is 6.43 Å². The summed E-state index contributed by atoms with van der Waals surface area (Å²) in [5.74, 6) is -0.444. The molecular weight excluding hydrogens is 328 g/mol. The molecule has 25 heavy (non-hydrogen) atoms. The van der Waals surface area contributed by atoms with E-state index in [1.165, 1.54) is 17.0 Å². The predicted octanol–water partition coefficient (Wildman–Crippen LogP) is 3.08. The van der Waals surface area contributed by atoms with Crippen molar-refractivity contribution in [3.05, 3.63) is 30.1 Å². The monoisotopic (exact) mass is 349 g/mol. The SMILES string of the molecule is CN1C2CCC1CC(OC(=O)c1cn(CC(F)F)c3ncccc13)C2. The van der Waals surface area contributed by atoms with Gasteiger partial charge < -0.3 is 14.2 Å². The van der Waals surface area contributed by atoms with Crippen LogP contribution in [0.4, 0.5) is 8.78 Å². The number of nitrogens with zero attached hydrogens (tertiary/aromatic N) is 3. The first-order valence-electron chi connectivity index (χ1n) is 8.68. The molecule has 2 aromatic heterocycles. The average Bonchev–Trinajstić information content (AvgIpc) is 3.01. The highest BCUT2D eigenvalue weighted by atomic mass is 19.3. The second-order valence-electron chi connectivity index (χ2n) is 7.01. The van der Waals surface area contributed by atoms with Crippen LogP contribution in [0, 0.1) is 0 Å². The molecule has 2 atom stereocenters. The number of alkyl halides is 2. The lowest BCUT2D eigenvalue weighted by Gasteiger charge is -2.35.